The van der Waals surface area contributed by atoms with Crippen LogP contribution >= 0.6 is 0 Å². The fourth-order valence-electron chi connectivity index (χ4n) is 2.97. The average molecular weight is 335 g/mol. The molecule has 1 saturated heterocycles. The van der Waals surface area contributed by atoms with Crippen molar-refractivity contribution in [3.05, 3.63) is 30.1 Å². The van der Waals surface area contributed by atoms with Gasteiger partial charge in [0.05, 0.1) is 6.54 Å². The molecule has 0 unspecified atom stereocenters. The topological polar surface area (TPSA) is 52.7 Å². The van der Waals surface area contributed by atoms with E-state index in [0.29, 0.717) is 13.1 Å². The predicted octanol–water partition coefficient (Wildman–Crippen LogP) is 2.17. The molecule has 0 aromatic heterocycles. The van der Waals surface area contributed by atoms with Crippen molar-refractivity contribution in [3.63, 3.8) is 0 Å². The van der Waals surface area contributed by atoms with Crippen molar-refractivity contribution in [2.24, 2.45) is 0 Å². The molecule has 24 heavy (non-hydrogen) atoms. The number of halogens is 1. The van der Waals surface area contributed by atoms with Crippen LogP contribution in [0.1, 0.15) is 33.6 Å². The fraction of sp³-hybridized carbons (Fsp3) is 0.556. The lowest BCUT2D eigenvalue weighted by Gasteiger charge is -2.33. The van der Waals surface area contributed by atoms with Gasteiger partial charge in [0.2, 0.25) is 11.8 Å². The predicted molar refractivity (Wildman–Crippen MR) is 92.3 cm³/mol. The average Bonchev–Trinajstić information content (AvgIpc) is 2.54. The van der Waals surface area contributed by atoms with Crippen molar-refractivity contribution in [2.45, 2.75) is 45.7 Å². The van der Waals surface area contributed by atoms with Crippen LogP contribution in [0.5, 0.6) is 0 Å². The molecule has 2 rings (SSSR count). The van der Waals surface area contributed by atoms with Gasteiger partial charge < -0.3 is 15.1 Å². The number of nitrogens with zero attached hydrogens (tertiary/aromatic N) is 2. The number of nitrogens with one attached hydrogen (secondary N) is 1. The van der Waals surface area contributed by atoms with Crippen molar-refractivity contribution < 1.29 is 14.0 Å². The summed E-state index contributed by atoms with van der Waals surface area (Å²) >= 11 is 0. The molecule has 0 aliphatic carbocycles. The highest BCUT2D eigenvalue weighted by molar-refractivity contribution is 5.81. The summed E-state index contributed by atoms with van der Waals surface area (Å²) < 4.78 is 13.1. The summed E-state index contributed by atoms with van der Waals surface area (Å²) in [7, 11) is 0. The Hall–Kier alpha value is -2.11. The first-order chi connectivity index (χ1) is 11.4. The maximum atomic E-state index is 13.1. The number of amides is 2. The van der Waals surface area contributed by atoms with E-state index >= 15 is 0 Å². The standard InChI is InChI=1S/C18H26FN3O2/c1-13(2)22(17-6-4-15(19)5-7-17)12-18(24)20-16-8-10-21(11-9-16)14(3)23/h4-7,13,16H,8-12H2,1-3H3,(H,20,24). The molecular formula is C18H26FN3O2. The molecule has 6 heteroatoms. The summed E-state index contributed by atoms with van der Waals surface area (Å²) in [6.07, 6.45) is 1.56. The lowest BCUT2D eigenvalue weighted by Crippen LogP contribution is -2.49. The summed E-state index contributed by atoms with van der Waals surface area (Å²) in [5.74, 6) is -0.250. The maximum Gasteiger partial charge on any atom is 0.239 e. The first kappa shape index (κ1) is 18.2. The van der Waals surface area contributed by atoms with Crippen LogP contribution in [0.4, 0.5) is 10.1 Å². The van der Waals surface area contributed by atoms with E-state index in [4.69, 9.17) is 0 Å². The maximum absolute atomic E-state index is 13.1. The summed E-state index contributed by atoms with van der Waals surface area (Å²) in [5.41, 5.74) is 0.827. The molecule has 1 aliphatic rings. The molecule has 1 heterocycles. The number of piperidine rings is 1. The minimum atomic E-state index is -0.288. The number of hydrogen-bond donors (Lipinski definition) is 1. The molecule has 0 atom stereocenters. The van der Waals surface area contributed by atoms with Gasteiger partial charge in [0.15, 0.2) is 0 Å². The van der Waals surface area contributed by atoms with E-state index in [2.05, 4.69) is 5.32 Å². The van der Waals surface area contributed by atoms with Crippen molar-refractivity contribution in [2.75, 3.05) is 24.5 Å². The Morgan fingerprint density at radius 2 is 1.83 bits per heavy atom. The molecule has 1 fully saturated rings. The van der Waals surface area contributed by atoms with Gasteiger partial charge in [-0.1, -0.05) is 0 Å². The van der Waals surface area contributed by atoms with Crippen LogP contribution in [0, 0.1) is 5.82 Å². The van der Waals surface area contributed by atoms with Gasteiger partial charge in [0.25, 0.3) is 0 Å². The minimum absolute atomic E-state index is 0.0469. The number of rotatable bonds is 5. The molecular weight excluding hydrogens is 309 g/mol. The van der Waals surface area contributed by atoms with Gasteiger partial charge in [0.1, 0.15) is 5.82 Å². The minimum Gasteiger partial charge on any atom is -0.360 e. The van der Waals surface area contributed by atoms with Crippen LogP contribution in [-0.2, 0) is 9.59 Å². The van der Waals surface area contributed by atoms with Gasteiger partial charge in [-0.05, 0) is 51.0 Å². The molecule has 0 saturated carbocycles. The van der Waals surface area contributed by atoms with Crippen LogP contribution in [0.25, 0.3) is 0 Å². The van der Waals surface area contributed by atoms with Crippen molar-refractivity contribution in [1.82, 2.24) is 10.2 Å². The Kier molecular flexibility index (Phi) is 6.17. The van der Waals surface area contributed by atoms with Crippen LogP contribution in [0.2, 0.25) is 0 Å². The van der Waals surface area contributed by atoms with Crippen molar-refractivity contribution in [3.8, 4) is 0 Å². The van der Waals surface area contributed by atoms with E-state index in [9.17, 15) is 14.0 Å². The number of hydrogen-bond acceptors (Lipinski definition) is 3. The molecule has 1 aliphatic heterocycles. The molecule has 0 bridgehead atoms. The highest BCUT2D eigenvalue weighted by Gasteiger charge is 2.23. The second kappa shape index (κ2) is 8.13. The Morgan fingerprint density at radius 1 is 1.25 bits per heavy atom. The van der Waals surface area contributed by atoms with Gasteiger partial charge in [0, 0.05) is 37.8 Å². The second-order valence-electron chi connectivity index (χ2n) is 6.55. The highest BCUT2D eigenvalue weighted by atomic mass is 19.1. The summed E-state index contributed by atoms with van der Waals surface area (Å²) in [5, 5.41) is 3.05. The summed E-state index contributed by atoms with van der Waals surface area (Å²) in [4.78, 5) is 27.5. The lowest BCUT2D eigenvalue weighted by atomic mass is 10.0. The Balaban J connectivity index is 1.90. The van der Waals surface area contributed by atoms with Gasteiger partial charge in [-0.25, -0.2) is 4.39 Å². The van der Waals surface area contributed by atoms with E-state index in [1.54, 1.807) is 19.1 Å². The third-order valence-corrected chi connectivity index (χ3v) is 4.40. The van der Waals surface area contributed by atoms with Gasteiger partial charge >= 0.3 is 0 Å². The third kappa shape index (κ3) is 4.94. The molecule has 0 radical (unpaired) electrons. The van der Waals surface area contributed by atoms with E-state index in [-0.39, 0.29) is 36.3 Å². The van der Waals surface area contributed by atoms with Crippen molar-refractivity contribution >= 4 is 17.5 Å². The van der Waals surface area contributed by atoms with Gasteiger partial charge in [-0.2, -0.15) is 0 Å². The molecule has 2 amide bonds. The third-order valence-electron chi connectivity index (χ3n) is 4.40. The smallest absolute Gasteiger partial charge is 0.239 e. The second-order valence-corrected chi connectivity index (χ2v) is 6.55. The number of benzene rings is 1. The number of likely N-dealkylation sites (tertiary alicyclic amines) is 1. The number of anilines is 1. The largest absolute Gasteiger partial charge is 0.360 e. The SMILES string of the molecule is CC(=O)N1CCC(NC(=O)CN(c2ccc(F)cc2)C(C)C)CC1. The summed E-state index contributed by atoms with van der Waals surface area (Å²) in [6, 6.07) is 6.42. The summed E-state index contributed by atoms with van der Waals surface area (Å²) in [6.45, 7) is 7.18. The van der Waals surface area contributed by atoms with Gasteiger partial charge in [-0.3, -0.25) is 9.59 Å². The van der Waals surface area contributed by atoms with Crippen LogP contribution in [0.15, 0.2) is 24.3 Å². The van der Waals surface area contributed by atoms with Crippen LogP contribution < -0.4 is 10.2 Å². The van der Waals surface area contributed by atoms with Crippen LogP contribution in [-0.4, -0.2) is 48.4 Å². The molecule has 1 aromatic carbocycles. The Labute approximate surface area is 142 Å². The zero-order valence-electron chi connectivity index (χ0n) is 14.6. The molecule has 1 N–H and O–H groups in total. The van der Waals surface area contributed by atoms with E-state index in [1.807, 2.05) is 23.6 Å². The number of carbonyl (C=O) groups is 2. The molecule has 0 spiro atoms. The Morgan fingerprint density at radius 3 is 2.33 bits per heavy atom. The van der Waals surface area contributed by atoms with Crippen molar-refractivity contribution in [1.29, 1.82) is 0 Å². The lowest BCUT2D eigenvalue weighted by molar-refractivity contribution is -0.130. The molecule has 1 aromatic rings. The number of carbonyl (C=O) groups excluding carboxylic acids is 2. The first-order valence-electron chi connectivity index (χ1n) is 8.44. The monoisotopic (exact) mass is 335 g/mol. The normalized spacial score (nSPS) is 15.5. The van der Waals surface area contributed by atoms with Crippen LogP contribution in [0.3, 0.4) is 0 Å². The molecule has 5 nitrogen and oxygen atoms in total. The van der Waals surface area contributed by atoms with Gasteiger partial charge in [-0.15, -0.1) is 0 Å². The van der Waals surface area contributed by atoms with E-state index in [0.717, 1.165) is 18.5 Å². The first-order valence-corrected chi connectivity index (χ1v) is 8.44. The fourth-order valence-corrected chi connectivity index (χ4v) is 2.97. The quantitative estimate of drug-likeness (QED) is 0.897. The molecule has 132 valence electrons. The van der Waals surface area contributed by atoms with E-state index in [1.165, 1.54) is 12.1 Å². The zero-order valence-corrected chi connectivity index (χ0v) is 14.6. The zero-order chi connectivity index (χ0) is 17.7. The Bertz CT molecular complexity index is 566. The van der Waals surface area contributed by atoms with E-state index < -0.39 is 0 Å². The highest BCUT2D eigenvalue weighted by Crippen LogP contribution is 2.17.